The van der Waals surface area contributed by atoms with E-state index in [4.69, 9.17) is 21.1 Å². The average molecular weight is 409 g/mol. The number of H-pyrrole nitrogens is 1. The molecule has 148 valence electrons. The minimum Gasteiger partial charge on any atom is -0.485 e. The van der Waals surface area contributed by atoms with E-state index in [0.29, 0.717) is 27.9 Å². The summed E-state index contributed by atoms with van der Waals surface area (Å²) < 4.78 is 11.7. The van der Waals surface area contributed by atoms with Crippen LogP contribution in [0.1, 0.15) is 20.8 Å². The minimum absolute atomic E-state index is 0.342. The van der Waals surface area contributed by atoms with Crippen LogP contribution in [0.3, 0.4) is 0 Å². The Labute approximate surface area is 173 Å². The number of hydrogen-bond donors (Lipinski definition) is 1. The van der Waals surface area contributed by atoms with Crippen LogP contribution in [0.2, 0.25) is 5.02 Å². The summed E-state index contributed by atoms with van der Waals surface area (Å²) in [5, 5.41) is 1.39. The van der Waals surface area contributed by atoms with E-state index in [1.165, 1.54) is 7.11 Å². The van der Waals surface area contributed by atoms with Crippen molar-refractivity contribution >= 4 is 22.6 Å². The fraction of sp³-hybridized carbons (Fsp3) is 0.227. The molecule has 6 nitrogen and oxygen atoms in total. The zero-order valence-corrected chi connectivity index (χ0v) is 17.4. The summed E-state index contributed by atoms with van der Waals surface area (Å²) in [5.74, 6) is 0.981. The number of aromatic amines is 1. The van der Waals surface area contributed by atoms with E-state index in [-0.39, 0.29) is 0 Å². The van der Waals surface area contributed by atoms with E-state index < -0.39 is 5.60 Å². The van der Waals surface area contributed by atoms with Crippen molar-refractivity contribution in [2.45, 2.75) is 26.4 Å². The van der Waals surface area contributed by atoms with Gasteiger partial charge in [-0.3, -0.25) is 4.98 Å². The first-order chi connectivity index (χ1) is 13.9. The quantitative estimate of drug-likeness (QED) is 0.480. The molecule has 0 radical (unpaired) electrons. The number of pyridine rings is 3. The number of methoxy groups -OCH3 is 1. The fourth-order valence-corrected chi connectivity index (χ4v) is 3.47. The predicted octanol–water partition coefficient (Wildman–Crippen LogP) is 5.53. The number of fused-ring (bicyclic) bond motifs is 1. The van der Waals surface area contributed by atoms with Crippen molar-refractivity contribution in [3.8, 4) is 34.0 Å². The summed E-state index contributed by atoms with van der Waals surface area (Å²) in [6.07, 6.45) is 7.08. The van der Waals surface area contributed by atoms with Crippen molar-refractivity contribution in [1.82, 2.24) is 19.9 Å². The molecule has 7 heteroatoms. The molecule has 0 fully saturated rings. The molecular weight excluding hydrogens is 388 g/mol. The molecule has 0 unspecified atom stereocenters. The largest absolute Gasteiger partial charge is 0.485 e. The Hall–Kier alpha value is -3.12. The molecule has 0 aromatic carbocycles. The maximum Gasteiger partial charge on any atom is 0.232 e. The highest BCUT2D eigenvalue weighted by atomic mass is 35.5. The van der Waals surface area contributed by atoms with Crippen LogP contribution in [0.5, 0.6) is 11.6 Å². The van der Waals surface area contributed by atoms with Crippen molar-refractivity contribution in [3.05, 3.63) is 54.1 Å². The normalized spacial score (nSPS) is 11.6. The van der Waals surface area contributed by atoms with Gasteiger partial charge in [0.15, 0.2) is 5.75 Å². The van der Waals surface area contributed by atoms with E-state index >= 15 is 0 Å². The standard InChI is InChI=1S/C22H21ClN4O2/c1-22(2,3)29-19-13(16-12-27-20-14(16)6-5-9-25-20)7-10-24-18(19)15-8-11-26-21(28-4)17(15)23/h5-12H,1-4H3,(H,25,27). The van der Waals surface area contributed by atoms with Crippen LogP contribution in [0.4, 0.5) is 0 Å². The first kappa shape index (κ1) is 19.2. The van der Waals surface area contributed by atoms with Gasteiger partial charge in [0.2, 0.25) is 5.88 Å². The Morgan fingerprint density at radius 1 is 0.931 bits per heavy atom. The molecule has 29 heavy (non-hydrogen) atoms. The SMILES string of the molecule is COc1nccc(-c2nccc(-c3c[nH]c4ncccc34)c2OC(C)(C)C)c1Cl. The molecule has 1 N–H and O–H groups in total. The van der Waals surface area contributed by atoms with Crippen LogP contribution < -0.4 is 9.47 Å². The van der Waals surface area contributed by atoms with Gasteiger partial charge in [0.05, 0.1) is 7.11 Å². The second-order valence-corrected chi connectivity index (χ2v) is 7.91. The molecule has 0 spiro atoms. The van der Waals surface area contributed by atoms with E-state index in [9.17, 15) is 0 Å². The van der Waals surface area contributed by atoms with Gasteiger partial charge < -0.3 is 14.5 Å². The van der Waals surface area contributed by atoms with Crippen LogP contribution in [-0.2, 0) is 0 Å². The van der Waals surface area contributed by atoms with Crippen LogP contribution in [0, 0.1) is 0 Å². The molecule has 0 aliphatic carbocycles. The molecule has 0 bridgehead atoms. The Kier molecular flexibility index (Phi) is 4.88. The summed E-state index contributed by atoms with van der Waals surface area (Å²) in [7, 11) is 1.54. The van der Waals surface area contributed by atoms with Gasteiger partial charge in [-0.15, -0.1) is 0 Å². The summed E-state index contributed by atoms with van der Waals surface area (Å²) in [4.78, 5) is 16.4. The molecule has 4 aromatic rings. The molecule has 0 atom stereocenters. The summed E-state index contributed by atoms with van der Waals surface area (Å²) in [6.45, 7) is 6.00. The lowest BCUT2D eigenvalue weighted by Crippen LogP contribution is -2.24. The van der Waals surface area contributed by atoms with Crippen LogP contribution >= 0.6 is 11.6 Å². The summed E-state index contributed by atoms with van der Waals surface area (Å²) in [5.41, 5.74) is 3.56. The molecule has 0 saturated heterocycles. The molecule has 0 aliphatic heterocycles. The average Bonchev–Trinajstić information content (AvgIpc) is 3.11. The third kappa shape index (κ3) is 3.63. The van der Waals surface area contributed by atoms with Crippen molar-refractivity contribution in [2.75, 3.05) is 7.11 Å². The number of rotatable bonds is 4. The van der Waals surface area contributed by atoms with E-state index in [1.807, 2.05) is 51.2 Å². The number of nitrogens with one attached hydrogen (secondary N) is 1. The van der Waals surface area contributed by atoms with Gasteiger partial charge in [0.25, 0.3) is 0 Å². The monoisotopic (exact) mass is 408 g/mol. The molecular formula is C22H21ClN4O2. The van der Waals surface area contributed by atoms with E-state index in [2.05, 4.69) is 19.9 Å². The van der Waals surface area contributed by atoms with Gasteiger partial charge in [-0.1, -0.05) is 11.6 Å². The summed E-state index contributed by atoms with van der Waals surface area (Å²) in [6, 6.07) is 7.68. The first-order valence-electron chi connectivity index (χ1n) is 9.18. The highest BCUT2D eigenvalue weighted by Crippen LogP contribution is 2.44. The highest BCUT2D eigenvalue weighted by molar-refractivity contribution is 6.34. The number of hydrogen-bond acceptors (Lipinski definition) is 5. The molecule has 4 rings (SSSR count). The van der Waals surface area contributed by atoms with Crippen LogP contribution in [0.15, 0.2) is 49.1 Å². The van der Waals surface area contributed by atoms with Gasteiger partial charge in [0, 0.05) is 46.9 Å². The Bertz CT molecular complexity index is 1180. The summed E-state index contributed by atoms with van der Waals surface area (Å²) >= 11 is 6.56. The first-order valence-corrected chi connectivity index (χ1v) is 9.56. The fourth-order valence-electron chi connectivity index (χ4n) is 3.19. The zero-order chi connectivity index (χ0) is 20.6. The van der Waals surface area contributed by atoms with Gasteiger partial charge >= 0.3 is 0 Å². The van der Waals surface area contributed by atoms with Gasteiger partial charge in [-0.2, -0.15) is 0 Å². The molecule has 4 aromatic heterocycles. The predicted molar refractivity (Wildman–Crippen MR) is 114 cm³/mol. The number of nitrogens with zero attached hydrogens (tertiary/aromatic N) is 3. The van der Waals surface area contributed by atoms with E-state index in [0.717, 1.165) is 22.2 Å². The second kappa shape index (κ2) is 7.37. The van der Waals surface area contributed by atoms with Crippen molar-refractivity contribution in [3.63, 3.8) is 0 Å². The number of aromatic nitrogens is 4. The Balaban J connectivity index is 2.00. The lowest BCUT2D eigenvalue weighted by molar-refractivity contribution is 0.132. The smallest absolute Gasteiger partial charge is 0.232 e. The van der Waals surface area contributed by atoms with Crippen molar-refractivity contribution in [2.24, 2.45) is 0 Å². The van der Waals surface area contributed by atoms with Crippen molar-refractivity contribution < 1.29 is 9.47 Å². The van der Waals surface area contributed by atoms with Crippen LogP contribution in [0.25, 0.3) is 33.4 Å². The third-order valence-corrected chi connectivity index (χ3v) is 4.73. The second-order valence-electron chi connectivity index (χ2n) is 7.53. The van der Waals surface area contributed by atoms with Gasteiger partial charge in [-0.25, -0.2) is 9.97 Å². The number of halogens is 1. The topological polar surface area (TPSA) is 72.9 Å². The van der Waals surface area contributed by atoms with Gasteiger partial charge in [0.1, 0.15) is 22.0 Å². The highest BCUT2D eigenvalue weighted by Gasteiger charge is 2.24. The maximum atomic E-state index is 6.56. The van der Waals surface area contributed by atoms with E-state index in [1.54, 1.807) is 18.6 Å². The Morgan fingerprint density at radius 3 is 2.45 bits per heavy atom. The lowest BCUT2D eigenvalue weighted by Gasteiger charge is -2.25. The van der Waals surface area contributed by atoms with Crippen LogP contribution in [-0.4, -0.2) is 32.6 Å². The lowest BCUT2D eigenvalue weighted by atomic mass is 10.0. The molecule has 0 amide bonds. The zero-order valence-electron chi connectivity index (χ0n) is 16.7. The van der Waals surface area contributed by atoms with Gasteiger partial charge in [-0.05, 0) is 45.0 Å². The maximum absolute atomic E-state index is 6.56. The third-order valence-electron chi connectivity index (χ3n) is 4.36. The minimum atomic E-state index is -0.444. The van der Waals surface area contributed by atoms with Crippen molar-refractivity contribution in [1.29, 1.82) is 0 Å². The number of ether oxygens (including phenoxy) is 2. The molecule has 0 saturated carbocycles. The Morgan fingerprint density at radius 2 is 1.69 bits per heavy atom. The molecule has 0 aliphatic rings. The molecule has 4 heterocycles.